The Morgan fingerprint density at radius 2 is 2.00 bits per heavy atom. The number of nitrogen functional groups attached to an aromatic ring is 1. The van der Waals surface area contributed by atoms with Crippen LogP contribution in [0.25, 0.3) is 0 Å². The van der Waals surface area contributed by atoms with Crippen LogP contribution in [0.1, 0.15) is 0 Å². The minimum Gasteiger partial charge on any atom is -0.493 e. The Kier molecular flexibility index (Phi) is 6.09. The second-order valence-electron chi connectivity index (χ2n) is 3.48. The second kappa shape index (κ2) is 7.62. The van der Waals surface area contributed by atoms with Crippen LogP contribution in [0.3, 0.4) is 0 Å². The van der Waals surface area contributed by atoms with Gasteiger partial charge in [-0.05, 0) is 0 Å². The van der Waals surface area contributed by atoms with Crippen LogP contribution in [-0.2, 0) is 0 Å². The van der Waals surface area contributed by atoms with E-state index in [1.54, 1.807) is 32.0 Å². The quantitative estimate of drug-likeness (QED) is 0.449. The van der Waals surface area contributed by atoms with Crippen LogP contribution in [-0.4, -0.2) is 32.3 Å². The van der Waals surface area contributed by atoms with Gasteiger partial charge in [-0.1, -0.05) is 5.92 Å². The van der Waals surface area contributed by atoms with E-state index < -0.39 is 0 Å². The third-order valence-electron chi connectivity index (χ3n) is 2.30. The van der Waals surface area contributed by atoms with E-state index in [0.29, 0.717) is 17.2 Å². The molecule has 1 rings (SSSR count). The molecule has 0 amide bonds. The molecule has 0 aliphatic carbocycles. The van der Waals surface area contributed by atoms with E-state index in [2.05, 4.69) is 11.2 Å². The van der Waals surface area contributed by atoms with Crippen molar-refractivity contribution in [1.29, 1.82) is 0 Å². The average molecular weight is 266 g/mol. The molecule has 1 aromatic carbocycles. The van der Waals surface area contributed by atoms with E-state index in [4.69, 9.17) is 21.6 Å². The lowest BCUT2D eigenvalue weighted by Crippen LogP contribution is -2.07. The maximum Gasteiger partial charge on any atom is 0.162 e. The van der Waals surface area contributed by atoms with E-state index in [9.17, 15) is 0 Å². The first kappa shape index (κ1) is 14.4. The third-order valence-corrected chi connectivity index (χ3v) is 3.17. The molecule has 5 heteroatoms. The molecular formula is C13H18N2O2S. The molecule has 0 atom stereocenters. The Labute approximate surface area is 112 Å². The zero-order valence-electron chi connectivity index (χ0n) is 10.7. The number of hydrogen-bond donors (Lipinski definition) is 2. The van der Waals surface area contributed by atoms with Crippen LogP contribution in [0, 0.1) is 12.3 Å². The first-order chi connectivity index (χ1) is 8.72. The molecule has 0 bridgehead atoms. The average Bonchev–Trinajstić information content (AvgIpc) is 2.39. The lowest BCUT2D eigenvalue weighted by molar-refractivity contribution is 0.355. The third kappa shape index (κ3) is 3.97. The molecule has 18 heavy (non-hydrogen) atoms. The van der Waals surface area contributed by atoms with E-state index >= 15 is 0 Å². The van der Waals surface area contributed by atoms with Gasteiger partial charge in [0.15, 0.2) is 11.5 Å². The highest BCUT2D eigenvalue weighted by Gasteiger charge is 2.08. The van der Waals surface area contributed by atoms with Crippen molar-refractivity contribution in [3.05, 3.63) is 12.1 Å². The van der Waals surface area contributed by atoms with Gasteiger partial charge in [-0.15, -0.1) is 18.2 Å². The fraction of sp³-hybridized carbons (Fsp3) is 0.385. The Hall–Kier alpha value is -1.67. The lowest BCUT2D eigenvalue weighted by atomic mass is 10.2. The summed E-state index contributed by atoms with van der Waals surface area (Å²) in [4.78, 5) is 0. The van der Waals surface area contributed by atoms with Gasteiger partial charge in [0.2, 0.25) is 0 Å². The van der Waals surface area contributed by atoms with Crippen molar-refractivity contribution in [2.75, 3.05) is 43.3 Å². The molecule has 98 valence electrons. The molecule has 0 saturated carbocycles. The van der Waals surface area contributed by atoms with Crippen LogP contribution in [0.2, 0.25) is 0 Å². The van der Waals surface area contributed by atoms with Crippen molar-refractivity contribution in [3.63, 3.8) is 0 Å². The number of ether oxygens (including phenoxy) is 2. The molecule has 0 aliphatic heterocycles. The van der Waals surface area contributed by atoms with Crippen molar-refractivity contribution in [2.45, 2.75) is 0 Å². The molecule has 0 fully saturated rings. The summed E-state index contributed by atoms with van der Waals surface area (Å²) in [6.45, 7) is 0.798. The number of thioether (sulfide) groups is 1. The number of nitrogens with two attached hydrogens (primary N) is 1. The van der Waals surface area contributed by atoms with Crippen molar-refractivity contribution < 1.29 is 9.47 Å². The minimum atomic E-state index is 0.627. The maximum absolute atomic E-state index is 5.92. The molecule has 0 saturated heterocycles. The molecule has 0 heterocycles. The molecule has 0 radical (unpaired) electrons. The van der Waals surface area contributed by atoms with E-state index in [0.717, 1.165) is 23.7 Å². The van der Waals surface area contributed by atoms with Crippen LogP contribution in [0.4, 0.5) is 11.4 Å². The van der Waals surface area contributed by atoms with Gasteiger partial charge in [0.05, 0.1) is 31.3 Å². The molecule has 0 aliphatic rings. The molecule has 0 unspecified atom stereocenters. The van der Waals surface area contributed by atoms with Gasteiger partial charge in [0.25, 0.3) is 0 Å². The van der Waals surface area contributed by atoms with Gasteiger partial charge in [-0.2, -0.15) is 0 Å². The molecule has 0 spiro atoms. The van der Waals surface area contributed by atoms with Gasteiger partial charge in [-0.3, -0.25) is 0 Å². The van der Waals surface area contributed by atoms with Gasteiger partial charge in [-0.25, -0.2) is 0 Å². The summed E-state index contributed by atoms with van der Waals surface area (Å²) in [6, 6.07) is 3.58. The highest BCUT2D eigenvalue weighted by Crippen LogP contribution is 2.34. The van der Waals surface area contributed by atoms with Crippen molar-refractivity contribution in [2.24, 2.45) is 0 Å². The Balaban J connectivity index is 2.63. The molecule has 3 N–H and O–H groups in total. The molecular weight excluding hydrogens is 248 g/mol. The largest absolute Gasteiger partial charge is 0.493 e. The summed E-state index contributed by atoms with van der Waals surface area (Å²) in [5, 5.41) is 3.25. The monoisotopic (exact) mass is 266 g/mol. The Morgan fingerprint density at radius 1 is 1.33 bits per heavy atom. The summed E-state index contributed by atoms with van der Waals surface area (Å²) in [6.07, 6.45) is 5.17. The smallest absolute Gasteiger partial charge is 0.162 e. The number of benzene rings is 1. The van der Waals surface area contributed by atoms with Crippen LogP contribution in [0.15, 0.2) is 12.1 Å². The maximum atomic E-state index is 5.92. The number of anilines is 2. The van der Waals surface area contributed by atoms with Crippen molar-refractivity contribution in [1.82, 2.24) is 0 Å². The Bertz CT molecular complexity index is 430. The zero-order valence-corrected chi connectivity index (χ0v) is 11.5. The first-order valence-corrected chi connectivity index (χ1v) is 6.65. The predicted molar refractivity (Wildman–Crippen MR) is 78.6 cm³/mol. The molecule has 4 nitrogen and oxygen atoms in total. The normalized spacial score (nSPS) is 9.61. The molecule has 1 aromatic rings. The summed E-state index contributed by atoms with van der Waals surface area (Å²) in [5.41, 5.74) is 7.40. The first-order valence-electron chi connectivity index (χ1n) is 5.49. The topological polar surface area (TPSA) is 56.5 Å². The number of nitrogens with one attached hydrogen (secondary N) is 1. The zero-order chi connectivity index (χ0) is 13.4. The van der Waals surface area contributed by atoms with Crippen LogP contribution in [0.5, 0.6) is 11.5 Å². The standard InChI is InChI=1S/C13H18N2O2S/c1-4-6-18-7-5-15-11-9-13(17-3)12(16-2)8-10(11)14/h1,8-9,15H,5-7,14H2,2-3H3. The fourth-order valence-electron chi connectivity index (χ4n) is 1.44. The van der Waals surface area contributed by atoms with Gasteiger partial charge >= 0.3 is 0 Å². The lowest BCUT2D eigenvalue weighted by Gasteiger charge is -2.13. The number of methoxy groups -OCH3 is 2. The SMILES string of the molecule is C#CCSCCNc1cc(OC)c(OC)cc1N. The summed E-state index contributed by atoms with van der Waals surface area (Å²) in [5.74, 6) is 5.52. The van der Waals surface area contributed by atoms with Gasteiger partial charge in [0.1, 0.15) is 0 Å². The number of rotatable bonds is 7. The van der Waals surface area contributed by atoms with Crippen molar-refractivity contribution >= 4 is 23.1 Å². The van der Waals surface area contributed by atoms with Gasteiger partial charge in [0, 0.05) is 24.4 Å². The van der Waals surface area contributed by atoms with Crippen LogP contribution >= 0.6 is 11.8 Å². The summed E-state index contributed by atoms with van der Waals surface area (Å²) < 4.78 is 10.4. The van der Waals surface area contributed by atoms with Gasteiger partial charge < -0.3 is 20.5 Å². The summed E-state index contributed by atoms with van der Waals surface area (Å²) >= 11 is 1.70. The van der Waals surface area contributed by atoms with E-state index in [1.807, 2.05) is 6.07 Å². The van der Waals surface area contributed by atoms with E-state index in [-0.39, 0.29) is 0 Å². The second-order valence-corrected chi connectivity index (χ2v) is 4.58. The molecule has 0 aromatic heterocycles. The predicted octanol–water partition coefficient (Wildman–Crippen LogP) is 2.06. The van der Waals surface area contributed by atoms with Crippen LogP contribution < -0.4 is 20.5 Å². The number of terminal acetylenes is 1. The fourth-order valence-corrected chi connectivity index (χ4v) is 1.95. The van der Waals surface area contributed by atoms with E-state index in [1.165, 1.54) is 0 Å². The minimum absolute atomic E-state index is 0.627. The number of hydrogen-bond acceptors (Lipinski definition) is 5. The highest BCUT2D eigenvalue weighted by atomic mass is 32.2. The highest BCUT2D eigenvalue weighted by molar-refractivity contribution is 7.99. The summed E-state index contributed by atoms with van der Waals surface area (Å²) in [7, 11) is 3.18. The van der Waals surface area contributed by atoms with Crippen molar-refractivity contribution in [3.8, 4) is 23.8 Å². The Morgan fingerprint density at radius 3 is 2.61 bits per heavy atom.